The highest BCUT2D eigenvalue weighted by atomic mass is 35.5. The fraction of sp³-hybridized carbons (Fsp3) is 0.421. The number of benzene rings is 1. The molecule has 0 saturated heterocycles. The smallest absolute Gasteiger partial charge is 0.140 e. The molecule has 0 radical (unpaired) electrons. The number of anilines is 1. The topological polar surface area (TPSA) is 83.7 Å². The van der Waals surface area contributed by atoms with Crippen LogP contribution in [-0.4, -0.2) is 33.3 Å². The van der Waals surface area contributed by atoms with Crippen molar-refractivity contribution in [3.05, 3.63) is 47.0 Å². The maximum Gasteiger partial charge on any atom is 0.140 e. The number of hydrogen-bond acceptors (Lipinski definition) is 5. The van der Waals surface area contributed by atoms with Gasteiger partial charge in [-0.25, -0.2) is 9.97 Å². The van der Waals surface area contributed by atoms with Crippen molar-refractivity contribution in [3.8, 4) is 0 Å². The van der Waals surface area contributed by atoms with Gasteiger partial charge in [-0.15, -0.1) is 24.8 Å². The Labute approximate surface area is 171 Å². The third-order valence-corrected chi connectivity index (χ3v) is 4.81. The van der Waals surface area contributed by atoms with Gasteiger partial charge in [-0.3, -0.25) is 5.10 Å². The van der Waals surface area contributed by atoms with E-state index in [-0.39, 0.29) is 24.8 Å². The van der Waals surface area contributed by atoms with Crippen LogP contribution in [-0.2, 0) is 19.4 Å². The summed E-state index contributed by atoms with van der Waals surface area (Å²) in [4.78, 5) is 11.9. The Morgan fingerprint density at radius 1 is 1.19 bits per heavy atom. The summed E-state index contributed by atoms with van der Waals surface area (Å²) in [5, 5.41) is 8.85. The van der Waals surface area contributed by atoms with E-state index in [1.54, 1.807) is 0 Å². The highest BCUT2D eigenvalue weighted by Gasteiger charge is 2.25. The van der Waals surface area contributed by atoms with E-state index in [1.807, 2.05) is 18.2 Å². The first kappa shape index (κ1) is 21.4. The minimum Gasteiger partial charge on any atom is -0.351 e. The lowest BCUT2D eigenvalue weighted by Gasteiger charge is -2.29. The zero-order valence-electron chi connectivity index (χ0n) is 15.6. The van der Waals surface area contributed by atoms with E-state index in [1.165, 1.54) is 17.0 Å². The van der Waals surface area contributed by atoms with Crippen LogP contribution in [0.2, 0.25) is 0 Å². The molecule has 0 atom stereocenters. The fourth-order valence-electron chi connectivity index (χ4n) is 3.56. The standard InChI is InChI=1S/C19H24N6.2ClH/c1-12(2)18-14-11-25(10-8-16(14)23-24-18)19-13-5-3-4-6-15(13)21-17(22-19)7-9-20;;/h3-6,12H,7-11,20H2,1-2H3,(H,23,24);2*1H. The van der Waals surface area contributed by atoms with Gasteiger partial charge < -0.3 is 10.6 Å². The Hall–Kier alpha value is -1.89. The average molecular weight is 409 g/mol. The van der Waals surface area contributed by atoms with Crippen molar-refractivity contribution in [1.29, 1.82) is 0 Å². The van der Waals surface area contributed by atoms with E-state index >= 15 is 0 Å². The highest BCUT2D eigenvalue weighted by molar-refractivity contribution is 5.89. The molecule has 27 heavy (non-hydrogen) atoms. The molecule has 1 aliphatic rings. The Kier molecular flexibility index (Phi) is 7.03. The lowest BCUT2D eigenvalue weighted by atomic mass is 9.99. The largest absolute Gasteiger partial charge is 0.351 e. The second-order valence-corrected chi connectivity index (χ2v) is 6.91. The predicted octanol–water partition coefficient (Wildman–Crippen LogP) is 3.38. The summed E-state index contributed by atoms with van der Waals surface area (Å²) >= 11 is 0. The van der Waals surface area contributed by atoms with E-state index in [9.17, 15) is 0 Å². The summed E-state index contributed by atoms with van der Waals surface area (Å²) in [6.07, 6.45) is 1.65. The molecule has 0 bridgehead atoms. The second-order valence-electron chi connectivity index (χ2n) is 6.91. The molecule has 0 unspecified atom stereocenters. The lowest BCUT2D eigenvalue weighted by molar-refractivity contribution is 0.699. The molecule has 6 nitrogen and oxygen atoms in total. The Bertz CT molecular complexity index is 908. The maximum absolute atomic E-state index is 5.73. The van der Waals surface area contributed by atoms with Crippen LogP contribution in [0.5, 0.6) is 0 Å². The molecular formula is C19H26Cl2N6. The van der Waals surface area contributed by atoms with Crippen LogP contribution >= 0.6 is 24.8 Å². The molecule has 0 saturated carbocycles. The Morgan fingerprint density at radius 3 is 2.70 bits per heavy atom. The number of nitrogens with zero attached hydrogens (tertiary/aromatic N) is 4. The number of nitrogens with two attached hydrogens (primary N) is 1. The van der Waals surface area contributed by atoms with Gasteiger partial charge in [0.2, 0.25) is 0 Å². The minimum absolute atomic E-state index is 0. The van der Waals surface area contributed by atoms with Crippen LogP contribution in [0.25, 0.3) is 10.9 Å². The van der Waals surface area contributed by atoms with Crippen LogP contribution in [0.15, 0.2) is 24.3 Å². The van der Waals surface area contributed by atoms with E-state index in [2.05, 4.69) is 40.0 Å². The molecule has 1 aliphatic heterocycles. The van der Waals surface area contributed by atoms with Crippen molar-refractivity contribution in [3.63, 3.8) is 0 Å². The number of aromatic amines is 1. The molecular weight excluding hydrogens is 383 g/mol. The summed E-state index contributed by atoms with van der Waals surface area (Å²) in [7, 11) is 0. The Balaban J connectivity index is 0.00000131. The van der Waals surface area contributed by atoms with Gasteiger partial charge >= 0.3 is 0 Å². The van der Waals surface area contributed by atoms with Crippen LogP contribution in [0.1, 0.15) is 42.5 Å². The molecule has 0 aliphatic carbocycles. The van der Waals surface area contributed by atoms with Crippen molar-refractivity contribution in [2.24, 2.45) is 5.73 Å². The van der Waals surface area contributed by atoms with Gasteiger partial charge in [-0.2, -0.15) is 5.10 Å². The quantitative estimate of drug-likeness (QED) is 0.690. The molecule has 146 valence electrons. The van der Waals surface area contributed by atoms with Crippen LogP contribution in [0.4, 0.5) is 5.82 Å². The molecule has 2 aromatic heterocycles. The third-order valence-electron chi connectivity index (χ3n) is 4.81. The molecule has 0 amide bonds. The number of para-hydroxylation sites is 1. The van der Waals surface area contributed by atoms with Gasteiger partial charge in [0.25, 0.3) is 0 Å². The van der Waals surface area contributed by atoms with E-state index < -0.39 is 0 Å². The summed E-state index contributed by atoms with van der Waals surface area (Å²) in [5.41, 5.74) is 10.5. The number of rotatable bonds is 4. The SMILES string of the molecule is CC(C)c1n[nH]c2c1CN(c1nc(CCN)nc3ccccc13)CC2.Cl.Cl. The summed E-state index contributed by atoms with van der Waals surface area (Å²) in [6.45, 7) is 6.70. The molecule has 8 heteroatoms. The van der Waals surface area contributed by atoms with Crippen LogP contribution < -0.4 is 10.6 Å². The lowest BCUT2D eigenvalue weighted by Crippen LogP contribution is -2.32. The zero-order valence-corrected chi connectivity index (χ0v) is 17.2. The third kappa shape index (κ3) is 4.03. The normalized spacial score (nSPS) is 13.3. The van der Waals surface area contributed by atoms with Gasteiger partial charge in [0.1, 0.15) is 11.6 Å². The number of hydrogen-bond donors (Lipinski definition) is 2. The number of nitrogens with one attached hydrogen (secondary N) is 1. The molecule has 1 aromatic carbocycles. The number of fused-ring (bicyclic) bond motifs is 2. The predicted molar refractivity (Wildman–Crippen MR) is 114 cm³/mol. The zero-order chi connectivity index (χ0) is 17.4. The van der Waals surface area contributed by atoms with Crippen molar-refractivity contribution < 1.29 is 0 Å². The first-order valence-electron chi connectivity index (χ1n) is 8.94. The van der Waals surface area contributed by atoms with Crippen molar-refractivity contribution in [1.82, 2.24) is 20.2 Å². The van der Waals surface area contributed by atoms with Crippen LogP contribution in [0.3, 0.4) is 0 Å². The maximum atomic E-state index is 5.73. The fourth-order valence-corrected chi connectivity index (χ4v) is 3.56. The van der Waals surface area contributed by atoms with Crippen molar-refractivity contribution in [2.45, 2.75) is 39.2 Å². The molecule has 4 rings (SSSR count). The molecule has 0 fully saturated rings. The number of halogens is 2. The monoisotopic (exact) mass is 408 g/mol. The summed E-state index contributed by atoms with van der Waals surface area (Å²) < 4.78 is 0. The summed E-state index contributed by atoms with van der Waals surface area (Å²) in [5.74, 6) is 2.24. The van der Waals surface area contributed by atoms with Crippen molar-refractivity contribution >= 4 is 41.5 Å². The number of H-pyrrole nitrogens is 1. The first-order valence-corrected chi connectivity index (χ1v) is 8.94. The van der Waals surface area contributed by atoms with Gasteiger partial charge in [-0.1, -0.05) is 26.0 Å². The van der Waals surface area contributed by atoms with Crippen molar-refractivity contribution in [2.75, 3.05) is 18.0 Å². The van der Waals surface area contributed by atoms with E-state index in [0.29, 0.717) is 18.9 Å². The summed E-state index contributed by atoms with van der Waals surface area (Å²) in [6, 6.07) is 8.22. The van der Waals surface area contributed by atoms with Gasteiger partial charge in [0.05, 0.1) is 11.2 Å². The van der Waals surface area contributed by atoms with E-state index in [0.717, 1.165) is 42.1 Å². The van der Waals surface area contributed by atoms with E-state index in [4.69, 9.17) is 10.7 Å². The molecule has 3 heterocycles. The number of aromatic nitrogens is 4. The van der Waals surface area contributed by atoms with Gasteiger partial charge in [0.15, 0.2) is 0 Å². The highest BCUT2D eigenvalue weighted by Crippen LogP contribution is 2.31. The minimum atomic E-state index is 0. The van der Waals surface area contributed by atoms with Gasteiger partial charge in [-0.05, 0) is 24.6 Å². The Morgan fingerprint density at radius 2 is 1.96 bits per heavy atom. The average Bonchev–Trinajstić information content (AvgIpc) is 3.04. The first-order chi connectivity index (χ1) is 12.2. The van der Waals surface area contributed by atoms with Crippen LogP contribution in [0, 0.1) is 0 Å². The molecule has 3 N–H and O–H groups in total. The van der Waals surface area contributed by atoms with Gasteiger partial charge in [0, 0.05) is 42.6 Å². The molecule has 3 aromatic rings. The second kappa shape index (κ2) is 8.87. The molecule has 0 spiro atoms.